The van der Waals surface area contributed by atoms with Gasteiger partial charge in [0.2, 0.25) is 0 Å². The van der Waals surface area contributed by atoms with E-state index < -0.39 is 0 Å². The maximum Gasteiger partial charge on any atom is 0.331 e. The van der Waals surface area contributed by atoms with Crippen molar-refractivity contribution in [1.82, 2.24) is 19.1 Å². The van der Waals surface area contributed by atoms with Crippen LogP contribution in [0.4, 0.5) is 5.82 Å². The van der Waals surface area contributed by atoms with Crippen LogP contribution in [-0.2, 0) is 19.5 Å². The molecule has 1 fully saturated rings. The topological polar surface area (TPSA) is 64.7 Å². The van der Waals surface area contributed by atoms with Gasteiger partial charge in [-0.2, -0.15) is 0 Å². The Bertz CT molecular complexity index is 984. The summed E-state index contributed by atoms with van der Waals surface area (Å²) in [5.74, 6) is 2.95. The Hall–Kier alpha value is -2.63. The molecule has 1 aromatic carbocycles. The number of hydrogen-bond donors (Lipinski definition) is 1. The Labute approximate surface area is 158 Å². The van der Waals surface area contributed by atoms with Crippen molar-refractivity contribution in [2.45, 2.75) is 64.1 Å². The maximum atomic E-state index is 13.1. The molecular formula is C21H25N5O. The Kier molecular flexibility index (Phi) is 3.99. The molecule has 27 heavy (non-hydrogen) atoms. The van der Waals surface area contributed by atoms with Crippen LogP contribution in [0.5, 0.6) is 0 Å². The minimum Gasteiger partial charge on any atom is -0.365 e. The second-order valence-electron chi connectivity index (χ2n) is 7.75. The van der Waals surface area contributed by atoms with Gasteiger partial charge in [-0.15, -0.1) is 0 Å². The van der Waals surface area contributed by atoms with Gasteiger partial charge in [-0.25, -0.2) is 14.8 Å². The van der Waals surface area contributed by atoms with E-state index in [2.05, 4.69) is 29.6 Å². The van der Waals surface area contributed by atoms with Crippen LogP contribution in [0.25, 0.3) is 11.5 Å². The summed E-state index contributed by atoms with van der Waals surface area (Å²) in [6, 6.07) is 10.6. The fraction of sp³-hybridized carbons (Fsp3) is 0.476. The number of rotatable bonds is 4. The van der Waals surface area contributed by atoms with Crippen molar-refractivity contribution < 1.29 is 0 Å². The van der Waals surface area contributed by atoms with Gasteiger partial charge >= 0.3 is 5.69 Å². The molecule has 0 amide bonds. The number of imidazole rings is 1. The van der Waals surface area contributed by atoms with Gasteiger partial charge in [0.15, 0.2) is 5.82 Å². The molecule has 0 spiro atoms. The summed E-state index contributed by atoms with van der Waals surface area (Å²) < 4.78 is 3.63. The van der Waals surface area contributed by atoms with E-state index in [4.69, 9.17) is 9.97 Å². The van der Waals surface area contributed by atoms with E-state index in [0.29, 0.717) is 19.0 Å². The molecule has 1 saturated carbocycles. The van der Waals surface area contributed by atoms with Crippen LogP contribution < -0.4 is 11.0 Å². The largest absolute Gasteiger partial charge is 0.365 e. The highest BCUT2D eigenvalue weighted by molar-refractivity contribution is 5.70. The molecule has 140 valence electrons. The van der Waals surface area contributed by atoms with E-state index in [0.717, 1.165) is 42.4 Å². The lowest BCUT2D eigenvalue weighted by Crippen LogP contribution is -2.31. The van der Waals surface area contributed by atoms with Crippen LogP contribution in [0.3, 0.4) is 0 Å². The first-order valence-electron chi connectivity index (χ1n) is 10.1. The Balaban J connectivity index is 1.55. The zero-order valence-corrected chi connectivity index (χ0v) is 15.7. The Morgan fingerprint density at radius 2 is 1.93 bits per heavy atom. The van der Waals surface area contributed by atoms with E-state index >= 15 is 0 Å². The predicted octanol–water partition coefficient (Wildman–Crippen LogP) is 3.26. The van der Waals surface area contributed by atoms with Crippen molar-refractivity contribution in [2.24, 2.45) is 0 Å². The fourth-order valence-electron chi connectivity index (χ4n) is 4.60. The molecule has 0 saturated heterocycles. The predicted molar refractivity (Wildman–Crippen MR) is 105 cm³/mol. The van der Waals surface area contributed by atoms with Crippen LogP contribution in [0.1, 0.15) is 49.9 Å². The number of fused-ring (bicyclic) bond motifs is 3. The molecule has 0 aromatic heterocycles. The van der Waals surface area contributed by atoms with E-state index in [1.807, 2.05) is 17.6 Å². The lowest BCUT2D eigenvalue weighted by atomic mass is 10.1. The number of benzene rings is 1. The quantitative estimate of drug-likeness (QED) is 0.773. The van der Waals surface area contributed by atoms with Gasteiger partial charge < -0.3 is 5.32 Å². The lowest BCUT2D eigenvalue weighted by Gasteiger charge is -2.12. The number of hydrogen-bond acceptors (Lipinski definition) is 4. The average Bonchev–Trinajstić information content (AvgIpc) is 3.42. The van der Waals surface area contributed by atoms with Gasteiger partial charge in [-0.05, 0) is 31.7 Å². The first-order chi connectivity index (χ1) is 13.2. The zero-order valence-electron chi connectivity index (χ0n) is 15.7. The van der Waals surface area contributed by atoms with Crippen LogP contribution in [0.15, 0.2) is 35.1 Å². The highest BCUT2D eigenvalue weighted by Crippen LogP contribution is 2.37. The van der Waals surface area contributed by atoms with Gasteiger partial charge in [-0.3, -0.25) is 9.13 Å². The van der Waals surface area contributed by atoms with Gasteiger partial charge in [0.25, 0.3) is 0 Å². The summed E-state index contributed by atoms with van der Waals surface area (Å²) in [6.45, 7) is 3.29. The highest BCUT2D eigenvalue weighted by atomic mass is 16.1. The zero-order chi connectivity index (χ0) is 18.4. The van der Waals surface area contributed by atoms with E-state index in [-0.39, 0.29) is 11.7 Å². The van der Waals surface area contributed by atoms with E-state index in [1.54, 1.807) is 4.57 Å². The van der Waals surface area contributed by atoms with E-state index in [9.17, 15) is 4.79 Å². The third-order valence-corrected chi connectivity index (χ3v) is 5.98. The molecule has 4 aliphatic rings. The van der Waals surface area contributed by atoms with Crippen LogP contribution >= 0.6 is 0 Å². The molecule has 3 heterocycles. The molecule has 0 unspecified atom stereocenters. The van der Waals surface area contributed by atoms with E-state index in [1.165, 1.54) is 18.4 Å². The molecule has 1 atom stereocenters. The first-order valence-corrected chi connectivity index (χ1v) is 10.1. The molecule has 1 aliphatic carbocycles. The molecule has 3 aliphatic heterocycles. The van der Waals surface area contributed by atoms with Gasteiger partial charge in [0.1, 0.15) is 17.3 Å². The minimum atomic E-state index is 0.0148. The van der Waals surface area contributed by atoms with Crippen LogP contribution in [0.2, 0.25) is 0 Å². The average molecular weight is 363 g/mol. The highest BCUT2D eigenvalue weighted by Gasteiger charge is 2.33. The molecule has 1 aromatic rings. The molecule has 5 rings (SSSR count). The van der Waals surface area contributed by atoms with Crippen molar-refractivity contribution >= 4 is 5.82 Å². The van der Waals surface area contributed by atoms with Crippen molar-refractivity contribution in [3.05, 3.63) is 52.2 Å². The summed E-state index contributed by atoms with van der Waals surface area (Å²) in [7, 11) is 0. The summed E-state index contributed by atoms with van der Waals surface area (Å²) in [4.78, 5) is 22.8. The number of aromatic nitrogens is 4. The van der Waals surface area contributed by atoms with Crippen LogP contribution in [-0.4, -0.2) is 25.1 Å². The summed E-state index contributed by atoms with van der Waals surface area (Å²) in [5, 5.41) is 3.57. The standard InChI is InChI=1S/C21H25N5O/c1-2-25-20-17(23-18(24-20)15-10-6-7-11-15)19-22-16(13-26(19)21(25)27)12-14-8-4-3-5-9-14/h3-5,8-9,15-16,22H,2,6-7,10-13H2,1H3/t16-/m1/s1. The second kappa shape index (κ2) is 6.51. The van der Waals surface area contributed by atoms with Crippen molar-refractivity contribution in [2.75, 3.05) is 5.32 Å². The monoisotopic (exact) mass is 363 g/mol. The second-order valence-corrected chi connectivity index (χ2v) is 7.75. The molecule has 6 nitrogen and oxygen atoms in total. The number of nitrogens with zero attached hydrogens (tertiary/aromatic N) is 4. The summed E-state index contributed by atoms with van der Waals surface area (Å²) in [5.41, 5.74) is 2.14. The third kappa shape index (κ3) is 2.74. The molecule has 0 bridgehead atoms. The summed E-state index contributed by atoms with van der Waals surface area (Å²) >= 11 is 0. The SMILES string of the molecule is CCn1c2nc(C3CCCC3)nc-2c2n(c1=O)C[C@@H](Cc1ccccc1)N2. The number of anilines is 1. The lowest BCUT2D eigenvalue weighted by molar-refractivity contribution is 0.578. The molecule has 0 radical (unpaired) electrons. The van der Waals surface area contributed by atoms with Gasteiger partial charge in [-0.1, -0.05) is 43.2 Å². The number of nitrogens with one attached hydrogen (secondary N) is 1. The van der Waals surface area contributed by atoms with Crippen LogP contribution in [0, 0.1) is 0 Å². The third-order valence-electron chi connectivity index (χ3n) is 5.98. The summed E-state index contributed by atoms with van der Waals surface area (Å²) in [6.07, 6.45) is 5.71. The van der Waals surface area contributed by atoms with Gasteiger partial charge in [0, 0.05) is 25.0 Å². The Morgan fingerprint density at radius 1 is 1.15 bits per heavy atom. The minimum absolute atomic E-state index is 0.0148. The van der Waals surface area contributed by atoms with Crippen molar-refractivity contribution in [3.63, 3.8) is 0 Å². The van der Waals surface area contributed by atoms with Crippen molar-refractivity contribution in [3.8, 4) is 11.5 Å². The van der Waals surface area contributed by atoms with Crippen molar-refractivity contribution in [1.29, 1.82) is 0 Å². The Morgan fingerprint density at radius 3 is 2.67 bits per heavy atom. The maximum absolute atomic E-state index is 13.1. The fourth-order valence-corrected chi connectivity index (χ4v) is 4.60. The smallest absolute Gasteiger partial charge is 0.331 e. The molecule has 6 heteroatoms. The molecular weight excluding hydrogens is 338 g/mol. The van der Waals surface area contributed by atoms with Gasteiger partial charge in [0.05, 0.1) is 0 Å². The first kappa shape index (κ1) is 16.5. The molecule has 1 N–H and O–H groups in total. The normalized spacial score (nSPS) is 19.5.